The molecule has 124 valence electrons. The number of fused-ring (bicyclic) bond motifs is 1. The third kappa shape index (κ3) is 2.75. The third-order valence-electron chi connectivity index (χ3n) is 3.87. The van der Waals surface area contributed by atoms with Crippen molar-refractivity contribution in [3.63, 3.8) is 0 Å². The van der Waals surface area contributed by atoms with Gasteiger partial charge in [-0.15, -0.1) is 11.3 Å². The number of Topliss-reactive ketones (excluding diaryl/α,β-unsaturated/α-hetero) is 1. The molecule has 2 heterocycles. The number of hydrogen-bond donors (Lipinski definition) is 0. The van der Waals surface area contributed by atoms with E-state index in [1.54, 1.807) is 6.07 Å². The summed E-state index contributed by atoms with van der Waals surface area (Å²) in [5, 5.41) is 0.443. The van der Waals surface area contributed by atoms with Crippen LogP contribution in [0.5, 0.6) is 0 Å². The van der Waals surface area contributed by atoms with Gasteiger partial charge >= 0.3 is 0 Å². The Morgan fingerprint density at radius 2 is 2.08 bits per heavy atom. The predicted octanol–water partition coefficient (Wildman–Crippen LogP) is 3.74. The summed E-state index contributed by atoms with van der Waals surface area (Å²) in [6.07, 6.45) is 2.08. The van der Waals surface area contributed by atoms with E-state index in [9.17, 15) is 18.4 Å². The molecule has 0 amide bonds. The number of aryl methyl sites for hydroxylation is 1. The van der Waals surface area contributed by atoms with Gasteiger partial charge in [-0.3, -0.25) is 14.2 Å². The molecule has 1 aromatic carbocycles. The molecule has 0 spiro atoms. The summed E-state index contributed by atoms with van der Waals surface area (Å²) in [5.41, 5.74) is -0.602. The average Bonchev–Trinajstić information content (AvgIpc) is 2.98. The molecule has 0 bridgehead atoms. The van der Waals surface area contributed by atoms with Crippen LogP contribution < -0.4 is 5.56 Å². The zero-order valence-corrected chi connectivity index (χ0v) is 13.9. The van der Waals surface area contributed by atoms with Crippen molar-refractivity contribution in [1.82, 2.24) is 9.55 Å². The van der Waals surface area contributed by atoms with Gasteiger partial charge in [-0.25, -0.2) is 13.8 Å². The lowest BCUT2D eigenvalue weighted by atomic mass is 10.0. The molecule has 0 N–H and O–H groups in total. The fourth-order valence-electron chi connectivity index (χ4n) is 2.48. The molecule has 0 aliphatic heterocycles. The van der Waals surface area contributed by atoms with Crippen molar-refractivity contribution in [2.75, 3.05) is 0 Å². The topological polar surface area (TPSA) is 52.0 Å². The smallest absolute Gasteiger partial charge is 0.262 e. The van der Waals surface area contributed by atoms with Crippen LogP contribution in [0.1, 0.15) is 35.1 Å². The van der Waals surface area contributed by atoms with E-state index in [0.717, 1.165) is 23.4 Å². The van der Waals surface area contributed by atoms with Crippen LogP contribution in [-0.4, -0.2) is 15.3 Å². The van der Waals surface area contributed by atoms with Gasteiger partial charge in [0, 0.05) is 10.9 Å². The van der Waals surface area contributed by atoms with Crippen LogP contribution in [0, 0.1) is 11.6 Å². The normalized spacial score (nSPS) is 12.5. The maximum atomic E-state index is 13.8. The summed E-state index contributed by atoms with van der Waals surface area (Å²) < 4.78 is 28.0. The first-order chi connectivity index (χ1) is 11.4. The molecular weight excluding hydrogens is 334 g/mol. The number of carbonyl (C=O) groups excluding carboxylic acids is 1. The van der Waals surface area contributed by atoms with E-state index in [-0.39, 0.29) is 11.1 Å². The Morgan fingerprint density at radius 1 is 1.33 bits per heavy atom. The molecule has 0 saturated heterocycles. The average molecular weight is 348 g/mol. The molecule has 0 fully saturated rings. The maximum absolute atomic E-state index is 13.8. The van der Waals surface area contributed by atoms with Crippen molar-refractivity contribution in [2.24, 2.45) is 0 Å². The minimum atomic E-state index is -0.947. The lowest BCUT2D eigenvalue weighted by Gasteiger charge is -2.14. The first-order valence-corrected chi connectivity index (χ1v) is 8.22. The second kappa shape index (κ2) is 6.24. The molecular formula is C17H14F2N2O2S. The number of aromatic nitrogens is 2. The Morgan fingerprint density at radius 3 is 2.75 bits per heavy atom. The molecule has 1 atom stereocenters. The number of carbonyl (C=O) groups is 1. The summed E-state index contributed by atoms with van der Waals surface area (Å²) in [6, 6.07) is 3.57. The van der Waals surface area contributed by atoms with Crippen molar-refractivity contribution in [2.45, 2.75) is 26.3 Å². The number of rotatable bonds is 4. The van der Waals surface area contributed by atoms with Crippen LogP contribution >= 0.6 is 11.3 Å². The zero-order chi connectivity index (χ0) is 17.4. The van der Waals surface area contributed by atoms with E-state index >= 15 is 0 Å². The molecule has 3 aromatic rings. The molecule has 3 rings (SSSR count). The quantitative estimate of drug-likeness (QED) is 0.675. The first kappa shape index (κ1) is 16.4. The first-order valence-electron chi connectivity index (χ1n) is 7.41. The molecule has 0 radical (unpaired) electrons. The number of thiophene rings is 1. The molecule has 24 heavy (non-hydrogen) atoms. The van der Waals surface area contributed by atoms with Crippen LogP contribution in [0.25, 0.3) is 10.2 Å². The van der Waals surface area contributed by atoms with Gasteiger partial charge in [0.05, 0.1) is 23.3 Å². The van der Waals surface area contributed by atoms with Gasteiger partial charge in [0.2, 0.25) is 0 Å². The van der Waals surface area contributed by atoms with Crippen molar-refractivity contribution in [1.29, 1.82) is 0 Å². The van der Waals surface area contributed by atoms with Crippen molar-refractivity contribution >= 4 is 27.3 Å². The fraction of sp³-hybridized carbons (Fsp3) is 0.235. The number of nitrogens with zero attached hydrogens (tertiary/aromatic N) is 2. The van der Waals surface area contributed by atoms with Gasteiger partial charge in [-0.05, 0) is 31.5 Å². The number of ketones is 1. The van der Waals surface area contributed by atoms with Gasteiger partial charge in [-0.2, -0.15) is 0 Å². The van der Waals surface area contributed by atoms with Gasteiger partial charge in [0.25, 0.3) is 5.56 Å². The Kier molecular flexibility index (Phi) is 4.28. The molecule has 7 heteroatoms. The van der Waals surface area contributed by atoms with Gasteiger partial charge in [0.1, 0.15) is 16.5 Å². The fourth-order valence-corrected chi connectivity index (χ4v) is 3.40. The molecule has 0 saturated carbocycles. The SMILES string of the molecule is CCc1cc2c(=O)n(C(C)C(=O)c3ccc(F)cc3F)cnc2s1. The Balaban J connectivity index is 2.04. The Hall–Kier alpha value is -2.41. The second-order valence-corrected chi connectivity index (χ2v) is 6.52. The number of benzene rings is 1. The van der Waals surface area contributed by atoms with E-state index in [4.69, 9.17) is 0 Å². The van der Waals surface area contributed by atoms with E-state index in [2.05, 4.69) is 4.98 Å². The van der Waals surface area contributed by atoms with Crippen LogP contribution in [0.3, 0.4) is 0 Å². The molecule has 0 aliphatic rings. The van der Waals surface area contributed by atoms with Gasteiger partial charge < -0.3 is 0 Å². The maximum Gasteiger partial charge on any atom is 0.262 e. The van der Waals surface area contributed by atoms with Gasteiger partial charge in [-0.1, -0.05) is 6.92 Å². The van der Waals surface area contributed by atoms with E-state index in [1.165, 1.54) is 29.2 Å². The molecule has 1 unspecified atom stereocenters. The van der Waals surface area contributed by atoms with Crippen molar-refractivity contribution in [3.05, 3.63) is 63.0 Å². The van der Waals surface area contributed by atoms with Crippen LogP contribution in [-0.2, 0) is 6.42 Å². The van der Waals surface area contributed by atoms with E-state index in [0.29, 0.717) is 16.3 Å². The molecule has 4 nitrogen and oxygen atoms in total. The third-order valence-corrected chi connectivity index (χ3v) is 5.06. The minimum Gasteiger partial charge on any atom is -0.292 e. The highest BCUT2D eigenvalue weighted by Crippen LogP contribution is 2.22. The van der Waals surface area contributed by atoms with Crippen LogP contribution in [0.4, 0.5) is 8.78 Å². The molecule has 2 aromatic heterocycles. The Labute approximate surface area is 140 Å². The lowest BCUT2D eigenvalue weighted by molar-refractivity contribution is 0.0928. The predicted molar refractivity (Wildman–Crippen MR) is 88.7 cm³/mol. The highest BCUT2D eigenvalue weighted by Gasteiger charge is 2.22. The number of hydrogen-bond acceptors (Lipinski definition) is 4. The van der Waals surface area contributed by atoms with Gasteiger partial charge in [0.15, 0.2) is 5.78 Å². The van der Waals surface area contributed by atoms with E-state index in [1.807, 2.05) is 6.92 Å². The summed E-state index contributed by atoms with van der Waals surface area (Å²) in [6.45, 7) is 3.47. The van der Waals surface area contributed by atoms with E-state index < -0.39 is 23.5 Å². The summed E-state index contributed by atoms with van der Waals surface area (Å²) in [5.74, 6) is -2.32. The minimum absolute atomic E-state index is 0.254. The van der Waals surface area contributed by atoms with Crippen LogP contribution in [0.15, 0.2) is 35.4 Å². The standard InChI is InChI=1S/C17H14F2N2O2S/c1-3-11-7-13-16(24-11)20-8-21(17(13)23)9(2)15(22)12-5-4-10(18)6-14(12)19/h4-9H,3H2,1-2H3. The molecule has 0 aliphatic carbocycles. The summed E-state index contributed by atoms with van der Waals surface area (Å²) in [7, 11) is 0. The largest absolute Gasteiger partial charge is 0.292 e. The highest BCUT2D eigenvalue weighted by molar-refractivity contribution is 7.18. The Bertz CT molecular complexity index is 994. The summed E-state index contributed by atoms with van der Waals surface area (Å²) >= 11 is 1.43. The van der Waals surface area contributed by atoms with Crippen LogP contribution in [0.2, 0.25) is 0 Å². The zero-order valence-electron chi connectivity index (χ0n) is 13.0. The number of halogens is 2. The van der Waals surface area contributed by atoms with Crippen molar-refractivity contribution < 1.29 is 13.6 Å². The summed E-state index contributed by atoms with van der Waals surface area (Å²) in [4.78, 5) is 30.9. The second-order valence-electron chi connectivity index (χ2n) is 5.41. The van der Waals surface area contributed by atoms with Crippen molar-refractivity contribution in [3.8, 4) is 0 Å². The monoisotopic (exact) mass is 348 g/mol. The highest BCUT2D eigenvalue weighted by atomic mass is 32.1. The lowest BCUT2D eigenvalue weighted by Crippen LogP contribution is -2.28.